The molecule has 0 spiro atoms. The van der Waals surface area contributed by atoms with Crippen molar-refractivity contribution in [3.05, 3.63) is 88.1 Å². The molecule has 0 fully saturated rings. The highest BCUT2D eigenvalue weighted by Crippen LogP contribution is 2.39. The summed E-state index contributed by atoms with van der Waals surface area (Å²) in [4.78, 5) is 28.4. The van der Waals surface area contributed by atoms with Gasteiger partial charge in [-0.3, -0.25) is 14.5 Å². The molecule has 39 heavy (non-hydrogen) atoms. The second-order valence-electron chi connectivity index (χ2n) is 10.7. The zero-order chi connectivity index (χ0) is 27.7. The molecule has 5 rings (SSSR count). The van der Waals surface area contributed by atoms with Crippen molar-refractivity contribution < 1.29 is 23.8 Å². The Morgan fingerprint density at radius 3 is 2.41 bits per heavy atom. The van der Waals surface area contributed by atoms with Crippen LogP contribution in [0.25, 0.3) is 6.08 Å². The number of benzene rings is 3. The SMILES string of the molecule is C[C@H](NC(=O)CN1C(=O)/C(=C\c2ccc(Cl)cc2)Oc2ccc(C(C)(C)C)cc21)c1ccc2c(c1)OCCO2. The minimum atomic E-state index is -0.398. The molecule has 7 nitrogen and oxygen atoms in total. The quantitative estimate of drug-likeness (QED) is 0.394. The fourth-order valence-corrected chi connectivity index (χ4v) is 4.61. The molecule has 2 amide bonds. The van der Waals surface area contributed by atoms with E-state index in [9.17, 15) is 9.59 Å². The Kier molecular flexibility index (Phi) is 7.28. The first kappa shape index (κ1) is 26.6. The highest BCUT2D eigenvalue weighted by atomic mass is 35.5. The summed E-state index contributed by atoms with van der Waals surface area (Å²) in [6, 6.07) is 18.1. The summed E-state index contributed by atoms with van der Waals surface area (Å²) < 4.78 is 17.3. The maximum absolute atomic E-state index is 13.7. The number of hydrogen-bond donors (Lipinski definition) is 1. The monoisotopic (exact) mass is 546 g/mol. The van der Waals surface area contributed by atoms with Gasteiger partial charge < -0.3 is 19.5 Å². The van der Waals surface area contributed by atoms with Crippen LogP contribution in [0.15, 0.2) is 66.4 Å². The molecule has 2 aliphatic heterocycles. The van der Waals surface area contributed by atoms with Gasteiger partial charge in [0.05, 0.1) is 11.7 Å². The van der Waals surface area contributed by atoms with Gasteiger partial charge in [-0.2, -0.15) is 0 Å². The lowest BCUT2D eigenvalue weighted by molar-refractivity contribution is -0.123. The molecule has 3 aromatic carbocycles. The fraction of sp³-hybridized carbons (Fsp3) is 0.290. The lowest BCUT2D eigenvalue weighted by atomic mass is 9.86. The number of amides is 2. The van der Waals surface area contributed by atoms with Gasteiger partial charge in [0.15, 0.2) is 23.0 Å². The van der Waals surface area contributed by atoms with E-state index in [-0.39, 0.29) is 29.7 Å². The van der Waals surface area contributed by atoms with Gasteiger partial charge in [0.2, 0.25) is 5.91 Å². The van der Waals surface area contributed by atoms with Gasteiger partial charge in [-0.05, 0) is 71.5 Å². The van der Waals surface area contributed by atoms with Crippen LogP contribution in [0.2, 0.25) is 5.02 Å². The predicted octanol–water partition coefficient (Wildman–Crippen LogP) is 6.05. The maximum Gasteiger partial charge on any atom is 0.294 e. The number of ether oxygens (including phenoxy) is 3. The van der Waals surface area contributed by atoms with E-state index >= 15 is 0 Å². The number of carbonyl (C=O) groups is 2. The van der Waals surface area contributed by atoms with Crippen LogP contribution < -0.4 is 24.4 Å². The van der Waals surface area contributed by atoms with Gasteiger partial charge in [-0.15, -0.1) is 0 Å². The lowest BCUT2D eigenvalue weighted by Gasteiger charge is -2.32. The van der Waals surface area contributed by atoms with Gasteiger partial charge in [-0.1, -0.05) is 56.6 Å². The molecule has 202 valence electrons. The Bertz CT molecular complexity index is 1440. The van der Waals surface area contributed by atoms with Crippen LogP contribution >= 0.6 is 11.6 Å². The smallest absolute Gasteiger partial charge is 0.294 e. The molecule has 0 aromatic heterocycles. The van der Waals surface area contributed by atoms with Crippen LogP contribution in [-0.2, 0) is 15.0 Å². The first-order valence-electron chi connectivity index (χ1n) is 12.9. The summed E-state index contributed by atoms with van der Waals surface area (Å²) in [5.41, 5.74) is 3.06. The van der Waals surface area contributed by atoms with E-state index in [1.807, 2.05) is 43.3 Å². The molecule has 8 heteroatoms. The van der Waals surface area contributed by atoms with Gasteiger partial charge in [-0.25, -0.2) is 0 Å². The van der Waals surface area contributed by atoms with Crippen molar-refractivity contribution in [2.24, 2.45) is 0 Å². The number of halogens is 1. The lowest BCUT2D eigenvalue weighted by Crippen LogP contribution is -2.44. The second-order valence-corrected chi connectivity index (χ2v) is 11.1. The molecular weight excluding hydrogens is 516 g/mol. The summed E-state index contributed by atoms with van der Waals surface area (Å²) in [5.74, 6) is 1.28. The van der Waals surface area contributed by atoms with Crippen LogP contribution in [0.3, 0.4) is 0 Å². The predicted molar refractivity (Wildman–Crippen MR) is 152 cm³/mol. The van der Waals surface area contributed by atoms with E-state index in [0.717, 1.165) is 16.7 Å². The molecule has 2 aliphatic rings. The summed E-state index contributed by atoms with van der Waals surface area (Å²) in [7, 11) is 0. The Morgan fingerprint density at radius 1 is 1.00 bits per heavy atom. The van der Waals surface area contributed by atoms with E-state index in [0.29, 0.717) is 41.2 Å². The molecule has 0 unspecified atom stereocenters. The van der Waals surface area contributed by atoms with Crippen LogP contribution in [0.4, 0.5) is 5.69 Å². The van der Waals surface area contributed by atoms with Crippen molar-refractivity contribution in [3.8, 4) is 17.2 Å². The maximum atomic E-state index is 13.7. The molecule has 1 atom stereocenters. The largest absolute Gasteiger partial charge is 0.486 e. The molecule has 3 aromatic rings. The summed E-state index contributed by atoms with van der Waals surface area (Å²) in [6.45, 7) is 9.00. The average Bonchev–Trinajstić information content (AvgIpc) is 2.91. The number of nitrogens with one attached hydrogen (secondary N) is 1. The minimum Gasteiger partial charge on any atom is -0.486 e. The summed E-state index contributed by atoms with van der Waals surface area (Å²) in [6.07, 6.45) is 1.65. The van der Waals surface area contributed by atoms with Crippen molar-refractivity contribution in [1.82, 2.24) is 5.32 Å². The van der Waals surface area contributed by atoms with Crippen LogP contribution in [0.1, 0.15) is 50.4 Å². The average molecular weight is 547 g/mol. The highest BCUT2D eigenvalue weighted by molar-refractivity contribution is 6.30. The van der Waals surface area contributed by atoms with E-state index in [2.05, 4.69) is 26.1 Å². The van der Waals surface area contributed by atoms with Crippen molar-refractivity contribution in [2.75, 3.05) is 24.7 Å². The third kappa shape index (κ3) is 5.88. The Balaban J connectivity index is 1.41. The van der Waals surface area contributed by atoms with Crippen molar-refractivity contribution in [3.63, 3.8) is 0 Å². The first-order valence-corrected chi connectivity index (χ1v) is 13.3. The molecule has 0 aliphatic carbocycles. The molecule has 2 heterocycles. The van der Waals surface area contributed by atoms with Crippen molar-refractivity contribution >= 4 is 35.2 Å². The molecule has 0 saturated heterocycles. The number of rotatable bonds is 5. The molecule has 0 radical (unpaired) electrons. The topological polar surface area (TPSA) is 77.1 Å². The third-order valence-electron chi connectivity index (χ3n) is 6.70. The number of hydrogen-bond acceptors (Lipinski definition) is 5. The molecular formula is C31H31ClN2O5. The Hall–Kier alpha value is -3.97. The Morgan fingerprint density at radius 2 is 1.69 bits per heavy atom. The number of nitrogens with zero attached hydrogens (tertiary/aromatic N) is 1. The van der Waals surface area contributed by atoms with Gasteiger partial charge in [0, 0.05) is 5.02 Å². The van der Waals surface area contributed by atoms with E-state index in [1.165, 1.54) is 4.90 Å². The zero-order valence-electron chi connectivity index (χ0n) is 22.4. The standard InChI is InChI=1S/C31H31ClN2O5/c1-19(21-7-11-26-27(16-21)38-14-13-37-26)33-29(35)18-34-24-17-22(31(2,3)4)8-12-25(24)39-28(30(34)36)15-20-5-9-23(32)10-6-20/h5-12,15-17,19H,13-14,18H2,1-4H3,(H,33,35)/b28-15+/t19-/m0/s1. The van der Waals surface area contributed by atoms with Gasteiger partial charge >= 0.3 is 0 Å². The van der Waals surface area contributed by atoms with Crippen molar-refractivity contribution in [1.29, 1.82) is 0 Å². The fourth-order valence-electron chi connectivity index (χ4n) is 4.49. The Labute approximate surface area is 233 Å². The molecule has 0 saturated carbocycles. The van der Waals surface area contributed by atoms with Crippen molar-refractivity contribution in [2.45, 2.75) is 39.2 Å². The second kappa shape index (κ2) is 10.7. The first-order chi connectivity index (χ1) is 18.6. The zero-order valence-corrected chi connectivity index (χ0v) is 23.2. The number of fused-ring (bicyclic) bond motifs is 2. The van der Waals surface area contributed by atoms with E-state index in [1.54, 1.807) is 30.3 Å². The summed E-state index contributed by atoms with van der Waals surface area (Å²) >= 11 is 6.02. The normalized spacial score (nSPS) is 16.4. The van der Waals surface area contributed by atoms with E-state index < -0.39 is 5.91 Å². The van der Waals surface area contributed by atoms with E-state index in [4.69, 9.17) is 25.8 Å². The van der Waals surface area contributed by atoms with Gasteiger partial charge in [0.1, 0.15) is 19.8 Å². The summed E-state index contributed by atoms with van der Waals surface area (Å²) in [5, 5.41) is 3.61. The molecule has 0 bridgehead atoms. The van der Waals surface area contributed by atoms with Crippen LogP contribution in [0, 0.1) is 0 Å². The highest BCUT2D eigenvalue weighted by Gasteiger charge is 2.33. The van der Waals surface area contributed by atoms with Crippen LogP contribution in [-0.4, -0.2) is 31.6 Å². The number of anilines is 1. The number of carbonyl (C=O) groups excluding carboxylic acids is 2. The van der Waals surface area contributed by atoms with Crippen LogP contribution in [0.5, 0.6) is 17.2 Å². The molecule has 1 N–H and O–H groups in total. The third-order valence-corrected chi connectivity index (χ3v) is 6.96. The minimum absolute atomic E-state index is 0.126. The van der Waals surface area contributed by atoms with Gasteiger partial charge in [0.25, 0.3) is 5.91 Å².